The Hall–Kier alpha value is -2.61. The standard InChI is InChI=1S/C33H42N2O5/c1-31(2,3)40-30(37)24(17-20-7-5-4-6-8-20)34-23-13-14-33(38)26-18-22-11-12-25(36)28-27(22)32(33,29(23)39-28)15-16-35(26)19-21-9-10-21/h4-8,11-12,21,23-24,26,29,34,36,38H,9-10,13-19H2,1-3H3/t23-,24?,26?,29+,32+,33-/m1/s1. The lowest BCUT2D eigenvalue weighted by Crippen LogP contribution is -2.78. The molecule has 2 heterocycles. The number of phenols is 1. The van der Waals surface area contributed by atoms with E-state index in [1.165, 1.54) is 18.4 Å². The number of nitrogens with zero attached hydrogens (tertiary/aromatic N) is 1. The summed E-state index contributed by atoms with van der Waals surface area (Å²) in [7, 11) is 0. The summed E-state index contributed by atoms with van der Waals surface area (Å²) in [5.74, 6) is 1.13. The van der Waals surface area contributed by atoms with Crippen molar-refractivity contribution < 1.29 is 24.5 Å². The Kier molecular flexibility index (Phi) is 6.05. The molecule has 6 atom stereocenters. The molecule has 40 heavy (non-hydrogen) atoms. The Labute approximate surface area is 236 Å². The molecule has 2 aliphatic heterocycles. The molecule has 5 aliphatic rings. The molecule has 2 saturated carbocycles. The Bertz CT molecular complexity index is 1300. The third kappa shape index (κ3) is 4.07. The molecule has 0 aromatic heterocycles. The fraction of sp³-hybridized carbons (Fsp3) is 0.606. The molecule has 2 aromatic rings. The van der Waals surface area contributed by atoms with Crippen LogP contribution in [-0.2, 0) is 27.8 Å². The van der Waals surface area contributed by atoms with Crippen molar-refractivity contribution >= 4 is 5.97 Å². The topological polar surface area (TPSA) is 91.3 Å². The minimum Gasteiger partial charge on any atom is -0.504 e. The van der Waals surface area contributed by atoms with E-state index in [-0.39, 0.29) is 29.9 Å². The van der Waals surface area contributed by atoms with E-state index in [9.17, 15) is 15.0 Å². The predicted molar refractivity (Wildman–Crippen MR) is 151 cm³/mol. The first kappa shape index (κ1) is 26.3. The highest BCUT2D eigenvalue weighted by molar-refractivity contribution is 5.77. The minimum atomic E-state index is -0.949. The summed E-state index contributed by atoms with van der Waals surface area (Å²) in [5.41, 5.74) is 1.06. The van der Waals surface area contributed by atoms with Gasteiger partial charge in [-0.1, -0.05) is 36.4 Å². The van der Waals surface area contributed by atoms with E-state index >= 15 is 0 Å². The van der Waals surface area contributed by atoms with Gasteiger partial charge in [-0.05, 0) is 95.4 Å². The van der Waals surface area contributed by atoms with E-state index in [4.69, 9.17) is 9.47 Å². The van der Waals surface area contributed by atoms with Gasteiger partial charge in [0, 0.05) is 24.2 Å². The first-order chi connectivity index (χ1) is 19.1. The Morgan fingerprint density at radius 2 is 1.93 bits per heavy atom. The summed E-state index contributed by atoms with van der Waals surface area (Å²) in [6, 6.07) is 13.1. The van der Waals surface area contributed by atoms with E-state index in [1.807, 2.05) is 57.2 Å². The molecule has 3 fully saturated rings. The molecule has 0 radical (unpaired) electrons. The molecular weight excluding hydrogens is 504 g/mol. The first-order valence-corrected chi connectivity index (χ1v) is 15.1. The second-order valence-corrected chi connectivity index (χ2v) is 13.9. The summed E-state index contributed by atoms with van der Waals surface area (Å²) in [4.78, 5) is 16.1. The molecule has 3 aliphatic carbocycles. The van der Waals surface area contributed by atoms with Gasteiger partial charge in [-0.2, -0.15) is 0 Å². The number of benzene rings is 2. The van der Waals surface area contributed by atoms with Crippen molar-refractivity contribution in [1.82, 2.24) is 10.2 Å². The van der Waals surface area contributed by atoms with Crippen LogP contribution in [0.5, 0.6) is 11.5 Å². The molecule has 7 heteroatoms. The predicted octanol–water partition coefficient (Wildman–Crippen LogP) is 3.87. The van der Waals surface area contributed by atoms with Crippen LogP contribution in [0.3, 0.4) is 0 Å². The van der Waals surface area contributed by atoms with Gasteiger partial charge < -0.3 is 19.7 Å². The minimum absolute atomic E-state index is 0.0304. The van der Waals surface area contributed by atoms with Gasteiger partial charge in [0.2, 0.25) is 0 Å². The van der Waals surface area contributed by atoms with Crippen molar-refractivity contribution in [3.05, 3.63) is 59.2 Å². The Morgan fingerprint density at radius 1 is 1.15 bits per heavy atom. The number of aromatic hydroxyl groups is 1. The largest absolute Gasteiger partial charge is 0.504 e. The number of ether oxygens (including phenoxy) is 2. The van der Waals surface area contributed by atoms with Crippen molar-refractivity contribution in [3.63, 3.8) is 0 Å². The van der Waals surface area contributed by atoms with E-state index < -0.39 is 22.7 Å². The average molecular weight is 547 g/mol. The lowest BCUT2D eigenvalue weighted by Gasteiger charge is -2.64. The number of likely N-dealkylation sites (tertiary alicyclic amines) is 1. The summed E-state index contributed by atoms with van der Waals surface area (Å²) in [5, 5.41) is 27.3. The highest BCUT2D eigenvalue weighted by atomic mass is 16.6. The third-order valence-electron chi connectivity index (χ3n) is 10.2. The molecule has 7 rings (SSSR count). The summed E-state index contributed by atoms with van der Waals surface area (Å²) >= 11 is 0. The van der Waals surface area contributed by atoms with E-state index in [2.05, 4.69) is 10.2 Å². The molecule has 1 spiro atoms. The van der Waals surface area contributed by atoms with Crippen LogP contribution in [0, 0.1) is 5.92 Å². The maximum Gasteiger partial charge on any atom is 0.324 e. The zero-order valence-corrected chi connectivity index (χ0v) is 23.9. The Balaban J connectivity index is 1.25. The number of carbonyl (C=O) groups excluding carboxylic acids is 1. The van der Waals surface area contributed by atoms with Gasteiger partial charge in [-0.25, -0.2) is 0 Å². The lowest BCUT2D eigenvalue weighted by molar-refractivity contribution is -0.193. The van der Waals surface area contributed by atoms with E-state index in [0.29, 0.717) is 25.0 Å². The maximum atomic E-state index is 13.5. The van der Waals surface area contributed by atoms with Crippen LogP contribution in [0.2, 0.25) is 0 Å². The number of nitrogens with one attached hydrogen (secondary N) is 1. The molecule has 2 bridgehead atoms. The quantitative estimate of drug-likeness (QED) is 0.454. The van der Waals surface area contributed by atoms with Gasteiger partial charge in [-0.3, -0.25) is 15.0 Å². The smallest absolute Gasteiger partial charge is 0.324 e. The third-order valence-corrected chi connectivity index (χ3v) is 10.2. The van der Waals surface area contributed by atoms with E-state index in [1.54, 1.807) is 6.07 Å². The van der Waals surface area contributed by atoms with Gasteiger partial charge >= 0.3 is 5.97 Å². The highest BCUT2D eigenvalue weighted by Crippen LogP contribution is 2.65. The van der Waals surface area contributed by atoms with Crippen LogP contribution >= 0.6 is 0 Å². The zero-order chi connectivity index (χ0) is 27.9. The van der Waals surface area contributed by atoms with Gasteiger partial charge in [-0.15, -0.1) is 0 Å². The van der Waals surface area contributed by atoms with Gasteiger partial charge in [0.15, 0.2) is 11.5 Å². The van der Waals surface area contributed by atoms with Crippen LogP contribution in [0.4, 0.5) is 0 Å². The van der Waals surface area contributed by atoms with Crippen LogP contribution in [0.15, 0.2) is 42.5 Å². The molecule has 214 valence electrons. The van der Waals surface area contributed by atoms with Crippen LogP contribution in [0.1, 0.15) is 69.6 Å². The molecule has 3 N–H and O–H groups in total. The number of piperidine rings is 1. The number of esters is 1. The van der Waals surface area contributed by atoms with Crippen LogP contribution in [0.25, 0.3) is 0 Å². The maximum absolute atomic E-state index is 13.5. The fourth-order valence-corrected chi connectivity index (χ4v) is 8.34. The normalized spacial score (nSPS) is 33.1. The van der Waals surface area contributed by atoms with Crippen LogP contribution in [-0.4, -0.2) is 69.6 Å². The van der Waals surface area contributed by atoms with Crippen molar-refractivity contribution in [1.29, 1.82) is 0 Å². The second-order valence-electron chi connectivity index (χ2n) is 13.9. The molecule has 7 nitrogen and oxygen atoms in total. The number of carbonyl (C=O) groups is 1. The van der Waals surface area contributed by atoms with Crippen molar-refractivity contribution in [2.45, 2.75) is 107 Å². The monoisotopic (exact) mass is 546 g/mol. The molecule has 1 saturated heterocycles. The number of rotatable bonds is 7. The summed E-state index contributed by atoms with van der Waals surface area (Å²) < 4.78 is 12.6. The van der Waals surface area contributed by atoms with Crippen molar-refractivity contribution in [2.75, 3.05) is 13.1 Å². The molecule has 0 amide bonds. The van der Waals surface area contributed by atoms with Crippen LogP contribution < -0.4 is 10.1 Å². The highest BCUT2D eigenvalue weighted by Gasteiger charge is 2.73. The number of hydrogen-bond acceptors (Lipinski definition) is 7. The van der Waals surface area contributed by atoms with Gasteiger partial charge in [0.25, 0.3) is 0 Å². The lowest BCUT2D eigenvalue weighted by atomic mass is 9.48. The average Bonchev–Trinajstić information content (AvgIpc) is 3.64. The van der Waals surface area contributed by atoms with E-state index in [0.717, 1.165) is 43.0 Å². The molecular formula is C33H42N2O5. The molecule has 2 aromatic carbocycles. The molecule has 2 unspecified atom stereocenters. The van der Waals surface area contributed by atoms with Gasteiger partial charge in [0.1, 0.15) is 17.7 Å². The number of phenolic OH excluding ortho intramolecular Hbond substituents is 1. The first-order valence-electron chi connectivity index (χ1n) is 15.1. The number of aliphatic hydroxyl groups is 1. The second kappa shape index (κ2) is 9.20. The fourth-order valence-electron chi connectivity index (χ4n) is 8.34. The zero-order valence-electron chi connectivity index (χ0n) is 23.9. The number of hydrogen-bond donors (Lipinski definition) is 3. The Morgan fingerprint density at radius 3 is 2.65 bits per heavy atom. The van der Waals surface area contributed by atoms with Crippen molar-refractivity contribution in [2.24, 2.45) is 5.92 Å². The summed E-state index contributed by atoms with van der Waals surface area (Å²) in [6.07, 6.45) is 5.52. The SMILES string of the molecule is CC(C)(C)OC(=O)C(Cc1ccccc1)N[C@@H]1CC[C@@]2(O)C3Cc4ccc(O)c5c4[C@@]2(CCN3CC2CC2)[C@H]1O5. The van der Waals surface area contributed by atoms with Gasteiger partial charge in [0.05, 0.1) is 11.0 Å². The van der Waals surface area contributed by atoms with Crippen molar-refractivity contribution in [3.8, 4) is 11.5 Å². The summed E-state index contributed by atoms with van der Waals surface area (Å²) in [6.45, 7) is 7.63.